The quantitative estimate of drug-likeness (QED) is 0.110. The molecule has 6 rings (SSSR count). The predicted octanol–water partition coefficient (Wildman–Crippen LogP) is 2.98. The van der Waals surface area contributed by atoms with E-state index in [1.807, 2.05) is 42.5 Å². The molecule has 0 amide bonds. The van der Waals surface area contributed by atoms with E-state index in [0.717, 1.165) is 5.56 Å². The fraction of sp³-hybridized carbons (Fsp3) is 0.0588. The number of carboxylic acid groups (broad SMARTS) is 1. The van der Waals surface area contributed by atoms with E-state index in [2.05, 4.69) is 10.3 Å². The molecular weight excluding hydrogens is 570 g/mol. The van der Waals surface area contributed by atoms with Crippen molar-refractivity contribution >= 4 is 47.8 Å². The van der Waals surface area contributed by atoms with Crippen LogP contribution in [0.1, 0.15) is 21.5 Å². The molecule has 222 valence electrons. The van der Waals surface area contributed by atoms with E-state index in [1.165, 1.54) is 0 Å². The molecule has 6 N–H and O–H groups in total. The first-order chi connectivity index (χ1) is 21.8. The van der Waals surface area contributed by atoms with Crippen LogP contribution >= 0.6 is 0 Å². The normalized spacial score (nSPS) is 11.6. The number of hydrogen-bond acceptors (Lipinski definition) is 8. The third-order valence-electron chi connectivity index (χ3n) is 7.71. The average molecular weight is 598 g/mol. The van der Waals surface area contributed by atoms with Crippen molar-refractivity contribution in [2.75, 3.05) is 5.32 Å². The van der Waals surface area contributed by atoms with Crippen LogP contribution in [0.4, 0.5) is 5.69 Å². The smallest absolute Gasteiger partial charge is 0.478 e. The van der Waals surface area contributed by atoms with Gasteiger partial charge in [-0.3, -0.25) is 4.99 Å². The minimum Gasteiger partial charge on any atom is -0.478 e. The highest BCUT2D eigenvalue weighted by Gasteiger charge is 2.22. The van der Waals surface area contributed by atoms with Crippen molar-refractivity contribution in [1.29, 1.82) is 0 Å². The topological polar surface area (TPSA) is 156 Å². The second-order valence-electron chi connectivity index (χ2n) is 10.5. The lowest BCUT2D eigenvalue weighted by Crippen LogP contribution is -2.33. The van der Waals surface area contributed by atoms with Gasteiger partial charge in [-0.2, -0.15) is 0 Å². The molecule has 1 aliphatic carbocycles. The van der Waals surface area contributed by atoms with Crippen molar-refractivity contribution in [3.8, 4) is 22.5 Å². The van der Waals surface area contributed by atoms with Gasteiger partial charge in [0.15, 0.2) is 0 Å². The lowest BCUT2D eigenvalue weighted by atomic mass is 9.77. The minimum atomic E-state index is -1.61. The van der Waals surface area contributed by atoms with Crippen LogP contribution < -0.4 is 21.6 Å². The summed E-state index contributed by atoms with van der Waals surface area (Å²) in [6.07, 6.45) is 0. The molecule has 11 heteroatoms. The number of carbonyl (C=O) groups is 1. The van der Waals surface area contributed by atoms with E-state index in [9.17, 15) is 30.0 Å². The van der Waals surface area contributed by atoms with Crippen LogP contribution in [0.5, 0.6) is 0 Å². The number of nitrogens with zero attached hydrogens (tertiary/aromatic N) is 1. The van der Waals surface area contributed by atoms with Crippen LogP contribution in [0, 0.1) is 0 Å². The van der Waals surface area contributed by atoms with Gasteiger partial charge in [-0.05, 0) is 57.9 Å². The number of rotatable bonds is 9. The molecule has 0 saturated carbocycles. The van der Waals surface area contributed by atoms with E-state index in [0.29, 0.717) is 67.5 Å². The fourth-order valence-corrected chi connectivity index (χ4v) is 5.52. The summed E-state index contributed by atoms with van der Waals surface area (Å²) in [6.45, 7) is 0.536. The van der Waals surface area contributed by atoms with Crippen LogP contribution in [0.25, 0.3) is 33.4 Å². The number of anilines is 1. The number of nitrogens with one attached hydrogen (secondary N) is 1. The van der Waals surface area contributed by atoms with Crippen LogP contribution in [0.2, 0.25) is 0 Å². The molecule has 0 aromatic heterocycles. The van der Waals surface area contributed by atoms with Gasteiger partial charge in [0, 0.05) is 40.9 Å². The molecule has 0 atom stereocenters. The molecule has 2 aliphatic rings. The zero-order chi connectivity index (χ0) is 31.5. The van der Waals surface area contributed by atoms with Gasteiger partial charge in [0.2, 0.25) is 0 Å². The van der Waals surface area contributed by atoms with Gasteiger partial charge in [-0.25, -0.2) is 4.79 Å². The number of fused-ring (bicyclic) bond motifs is 2. The molecule has 1 heterocycles. The maximum Gasteiger partial charge on any atom is 0.488 e. The van der Waals surface area contributed by atoms with Gasteiger partial charge in [0.1, 0.15) is 11.3 Å². The Labute approximate surface area is 259 Å². The van der Waals surface area contributed by atoms with Crippen molar-refractivity contribution in [2.45, 2.75) is 13.1 Å². The molecule has 1 aliphatic heterocycles. The Bertz CT molecular complexity index is 2060. The first kappa shape index (κ1) is 29.9. The van der Waals surface area contributed by atoms with Crippen molar-refractivity contribution in [3.05, 3.63) is 131 Å². The summed E-state index contributed by atoms with van der Waals surface area (Å²) in [4.78, 5) is 16.9. The minimum absolute atomic E-state index is 0.153. The highest BCUT2D eigenvalue weighted by Crippen LogP contribution is 2.41. The molecule has 9 nitrogen and oxygen atoms in total. The van der Waals surface area contributed by atoms with Gasteiger partial charge >= 0.3 is 20.2 Å². The SMILES string of the molecule is O=C(O)c1ccccc1-c1c2cc/c(=N/Cc3ccccc3B(O)O)cc-2oc2cc(NCc3ccccc3B(O)O)ccc12. The first-order valence-electron chi connectivity index (χ1n) is 14.3. The lowest BCUT2D eigenvalue weighted by Gasteiger charge is -2.18. The second-order valence-corrected chi connectivity index (χ2v) is 10.5. The number of carboxylic acids is 1. The second kappa shape index (κ2) is 12.8. The fourth-order valence-electron chi connectivity index (χ4n) is 5.52. The lowest BCUT2D eigenvalue weighted by molar-refractivity contribution is 0.0697. The summed E-state index contributed by atoms with van der Waals surface area (Å²) in [5.74, 6) is -0.563. The van der Waals surface area contributed by atoms with Crippen LogP contribution in [0.15, 0.2) is 119 Å². The van der Waals surface area contributed by atoms with Crippen molar-refractivity contribution in [2.24, 2.45) is 4.99 Å². The molecule has 0 saturated heterocycles. The van der Waals surface area contributed by atoms with Gasteiger partial charge in [-0.15, -0.1) is 0 Å². The largest absolute Gasteiger partial charge is 0.488 e. The number of aromatic carboxylic acids is 1. The highest BCUT2D eigenvalue weighted by atomic mass is 16.4. The Morgan fingerprint density at radius 3 is 2.13 bits per heavy atom. The maximum absolute atomic E-state index is 12.2. The Balaban J connectivity index is 1.47. The summed E-state index contributed by atoms with van der Waals surface area (Å²) in [6, 6.07) is 31.8. The van der Waals surface area contributed by atoms with Gasteiger partial charge in [-0.1, -0.05) is 66.7 Å². The summed E-state index contributed by atoms with van der Waals surface area (Å²) >= 11 is 0. The molecule has 45 heavy (non-hydrogen) atoms. The van der Waals surface area contributed by atoms with Gasteiger partial charge < -0.3 is 34.9 Å². The number of hydrogen-bond donors (Lipinski definition) is 6. The third-order valence-corrected chi connectivity index (χ3v) is 7.71. The zero-order valence-electron chi connectivity index (χ0n) is 24.0. The van der Waals surface area contributed by atoms with Gasteiger partial charge in [0.05, 0.1) is 17.5 Å². The van der Waals surface area contributed by atoms with Crippen molar-refractivity contribution in [3.63, 3.8) is 0 Å². The van der Waals surface area contributed by atoms with E-state index in [-0.39, 0.29) is 12.1 Å². The van der Waals surface area contributed by atoms with Crippen molar-refractivity contribution in [1.82, 2.24) is 0 Å². The Morgan fingerprint density at radius 1 is 0.733 bits per heavy atom. The number of benzene rings is 5. The summed E-state index contributed by atoms with van der Waals surface area (Å²) in [5.41, 5.74) is 5.49. The molecule has 0 bridgehead atoms. The van der Waals surface area contributed by atoms with E-state index in [1.54, 1.807) is 66.7 Å². The Kier molecular flexibility index (Phi) is 8.50. The molecule has 0 fully saturated rings. The summed E-state index contributed by atoms with van der Waals surface area (Å²) < 4.78 is 6.41. The van der Waals surface area contributed by atoms with Crippen molar-refractivity contribution < 1.29 is 34.4 Å². The van der Waals surface area contributed by atoms with E-state index in [4.69, 9.17) is 4.42 Å². The highest BCUT2D eigenvalue weighted by molar-refractivity contribution is 6.59. The molecule has 0 radical (unpaired) electrons. The summed E-state index contributed by atoms with van der Waals surface area (Å²) in [5, 5.41) is 53.6. The molecular formula is C34H28B2N2O7. The molecule has 0 unspecified atom stereocenters. The zero-order valence-corrected chi connectivity index (χ0v) is 24.0. The van der Waals surface area contributed by atoms with Crippen LogP contribution in [0.3, 0.4) is 0 Å². The molecule has 0 spiro atoms. The maximum atomic E-state index is 12.2. The molecule has 4 aromatic carbocycles. The average Bonchev–Trinajstić information content (AvgIpc) is 3.05. The van der Waals surface area contributed by atoms with E-state index >= 15 is 0 Å². The van der Waals surface area contributed by atoms with Gasteiger partial charge in [0.25, 0.3) is 0 Å². The Morgan fingerprint density at radius 2 is 1.40 bits per heavy atom. The first-order valence-corrected chi connectivity index (χ1v) is 14.3. The van der Waals surface area contributed by atoms with Crippen LogP contribution in [-0.2, 0) is 13.1 Å². The third kappa shape index (κ3) is 6.24. The van der Waals surface area contributed by atoms with E-state index < -0.39 is 20.2 Å². The van der Waals surface area contributed by atoms with Crippen LogP contribution in [-0.4, -0.2) is 45.4 Å². The standard InChI is InChI=1S/C34H28B2N2O7/c39-34(40)26-10-4-3-9-25(26)33-27-15-13-23(37-19-21-7-1-5-11-29(21)35(41)42)17-31(27)45-32-18-24(14-16-28(32)33)38-20-22-8-2-6-12-30(22)36(43)44/h1-18,37,41-44H,19-20H2,(H,39,40)/b38-24-. The monoisotopic (exact) mass is 598 g/mol. The Hall–Kier alpha value is -5.19. The summed E-state index contributed by atoms with van der Waals surface area (Å²) in [7, 11) is -3.21. The predicted molar refractivity (Wildman–Crippen MR) is 174 cm³/mol. The molecule has 4 aromatic rings.